The Balaban J connectivity index is 1.86. The first-order valence-electron chi connectivity index (χ1n) is 9.65. The highest BCUT2D eigenvalue weighted by Crippen LogP contribution is 2.27. The van der Waals surface area contributed by atoms with Crippen molar-refractivity contribution in [3.05, 3.63) is 117 Å². The molecule has 0 spiro atoms. The van der Waals surface area contributed by atoms with Crippen molar-refractivity contribution in [2.45, 2.75) is 13.1 Å². The Morgan fingerprint density at radius 1 is 1.03 bits per heavy atom. The van der Waals surface area contributed by atoms with E-state index in [1.807, 2.05) is 71.6 Å². The minimum absolute atomic E-state index is 0.0599. The van der Waals surface area contributed by atoms with Crippen molar-refractivity contribution in [3.63, 3.8) is 0 Å². The highest BCUT2D eigenvalue weighted by atomic mass is 35.5. The van der Waals surface area contributed by atoms with Crippen LogP contribution in [0.2, 0.25) is 5.02 Å². The minimum Gasteiger partial charge on any atom is -0.367 e. The Labute approximate surface area is 190 Å². The molecule has 1 N–H and O–H groups in total. The topological polar surface area (TPSA) is 99.3 Å². The maximum Gasteiger partial charge on any atom is 0.271 e. The van der Waals surface area contributed by atoms with Gasteiger partial charge in [-0.25, -0.2) is 0 Å². The molecule has 0 aliphatic carbocycles. The molecule has 3 aromatic carbocycles. The molecule has 1 amide bonds. The van der Waals surface area contributed by atoms with E-state index in [9.17, 15) is 20.2 Å². The second-order valence-corrected chi connectivity index (χ2v) is 7.31. The lowest BCUT2D eigenvalue weighted by atomic mass is 10.1. The van der Waals surface area contributed by atoms with Crippen molar-refractivity contribution in [1.29, 1.82) is 5.26 Å². The smallest absolute Gasteiger partial charge is 0.271 e. The molecule has 0 saturated heterocycles. The van der Waals surface area contributed by atoms with Crippen LogP contribution in [0.4, 0.5) is 11.4 Å². The predicted octanol–water partition coefficient (Wildman–Crippen LogP) is 5.30. The van der Waals surface area contributed by atoms with Gasteiger partial charge in [0.2, 0.25) is 0 Å². The number of nitro groups is 1. The fourth-order valence-electron chi connectivity index (χ4n) is 3.02. The minimum atomic E-state index is -0.707. The zero-order valence-electron chi connectivity index (χ0n) is 16.9. The molecule has 3 rings (SSSR count). The van der Waals surface area contributed by atoms with Gasteiger partial charge in [-0.1, -0.05) is 72.3 Å². The normalized spacial score (nSPS) is 10.8. The molecule has 8 heteroatoms. The average Bonchev–Trinajstić information content (AvgIpc) is 2.80. The van der Waals surface area contributed by atoms with Crippen LogP contribution in [0.25, 0.3) is 0 Å². The number of anilines is 1. The highest BCUT2D eigenvalue weighted by molar-refractivity contribution is 6.34. The van der Waals surface area contributed by atoms with Gasteiger partial charge in [0, 0.05) is 31.4 Å². The van der Waals surface area contributed by atoms with E-state index in [1.54, 1.807) is 0 Å². The van der Waals surface area contributed by atoms with Gasteiger partial charge in [0.15, 0.2) is 0 Å². The zero-order valence-corrected chi connectivity index (χ0v) is 17.7. The molecule has 0 unspecified atom stereocenters. The molecule has 0 saturated carbocycles. The van der Waals surface area contributed by atoms with Crippen LogP contribution in [0.3, 0.4) is 0 Å². The maximum atomic E-state index is 12.8. The zero-order chi connectivity index (χ0) is 22.9. The van der Waals surface area contributed by atoms with Gasteiger partial charge < -0.3 is 10.2 Å². The largest absolute Gasteiger partial charge is 0.367 e. The summed E-state index contributed by atoms with van der Waals surface area (Å²) >= 11 is 6.06. The van der Waals surface area contributed by atoms with Gasteiger partial charge in [0.05, 0.1) is 15.6 Å². The lowest BCUT2D eigenvalue weighted by molar-refractivity contribution is -0.384. The van der Waals surface area contributed by atoms with E-state index < -0.39 is 10.8 Å². The molecule has 0 aromatic heterocycles. The molecule has 0 fully saturated rings. The van der Waals surface area contributed by atoms with Gasteiger partial charge in [-0.15, -0.1) is 0 Å². The van der Waals surface area contributed by atoms with E-state index in [2.05, 4.69) is 5.32 Å². The number of non-ortho nitro benzene ring substituents is 1. The summed E-state index contributed by atoms with van der Waals surface area (Å²) in [6.45, 7) is 0.956. The Morgan fingerprint density at radius 3 is 2.09 bits per heavy atom. The quantitative estimate of drug-likeness (QED) is 0.219. The molecule has 0 heterocycles. The van der Waals surface area contributed by atoms with E-state index in [0.717, 1.165) is 17.2 Å². The Kier molecular flexibility index (Phi) is 7.57. The monoisotopic (exact) mass is 446 g/mol. The molecule has 0 radical (unpaired) electrons. The number of carbonyl (C=O) groups is 1. The lowest BCUT2D eigenvalue weighted by Crippen LogP contribution is -2.21. The molecule has 32 heavy (non-hydrogen) atoms. The van der Waals surface area contributed by atoms with Crippen LogP contribution in [-0.2, 0) is 17.9 Å². The third-order valence-electron chi connectivity index (χ3n) is 4.54. The fraction of sp³-hybridized carbons (Fsp3) is 0.0833. The van der Waals surface area contributed by atoms with Crippen molar-refractivity contribution in [2.24, 2.45) is 0 Å². The van der Waals surface area contributed by atoms with E-state index in [1.165, 1.54) is 18.3 Å². The van der Waals surface area contributed by atoms with Crippen LogP contribution in [0.1, 0.15) is 11.1 Å². The number of nitriles is 1. The summed E-state index contributed by atoms with van der Waals surface area (Å²) < 4.78 is 0. The number of carbonyl (C=O) groups excluding carboxylic acids is 1. The highest BCUT2D eigenvalue weighted by Gasteiger charge is 2.16. The fourth-order valence-corrected chi connectivity index (χ4v) is 3.18. The first-order chi connectivity index (χ1) is 15.5. The summed E-state index contributed by atoms with van der Waals surface area (Å²) in [5.74, 6) is -0.707. The van der Waals surface area contributed by atoms with Crippen LogP contribution >= 0.6 is 11.6 Å². The molecule has 7 nitrogen and oxygen atoms in total. The predicted molar refractivity (Wildman–Crippen MR) is 123 cm³/mol. The number of nitrogens with zero attached hydrogens (tertiary/aromatic N) is 3. The molecule has 160 valence electrons. The Hall–Kier alpha value is -4.15. The molecule has 0 atom stereocenters. The van der Waals surface area contributed by atoms with Crippen LogP contribution in [0, 0.1) is 21.4 Å². The molecule has 0 bridgehead atoms. The number of nitrogens with one attached hydrogen (secondary N) is 1. The van der Waals surface area contributed by atoms with Crippen molar-refractivity contribution < 1.29 is 9.72 Å². The standard InChI is InChI=1S/C24H19ClN4O3/c25-22-12-11-21(29(31)32)13-23(22)27-24(30)20(14-26)17-28(15-18-7-3-1-4-8-18)16-19-9-5-2-6-10-19/h1-13,17H,15-16H2,(H,27,30)/b20-17-. The molecule has 0 aliphatic rings. The van der Waals surface area contributed by atoms with Crippen molar-refractivity contribution in [1.82, 2.24) is 4.90 Å². The SMILES string of the molecule is N#C/C(=C/N(Cc1ccccc1)Cc1ccccc1)C(=O)Nc1cc([N+](=O)[O-])ccc1Cl. The number of rotatable bonds is 8. The van der Waals surface area contributed by atoms with E-state index in [0.29, 0.717) is 13.1 Å². The summed E-state index contributed by atoms with van der Waals surface area (Å²) in [4.78, 5) is 25.0. The second-order valence-electron chi connectivity index (χ2n) is 6.91. The number of nitro benzene ring substituents is 1. The number of halogens is 1. The maximum absolute atomic E-state index is 12.8. The molecule has 3 aromatic rings. The molecular weight excluding hydrogens is 428 g/mol. The summed E-state index contributed by atoms with van der Waals surface area (Å²) in [5.41, 5.74) is 1.71. The van der Waals surface area contributed by atoms with E-state index in [4.69, 9.17) is 11.6 Å². The molecular formula is C24H19ClN4O3. The lowest BCUT2D eigenvalue weighted by Gasteiger charge is -2.21. The summed E-state index contributed by atoms with van der Waals surface area (Å²) in [6, 6.07) is 25.0. The first kappa shape index (κ1) is 22.5. The van der Waals surface area contributed by atoms with Crippen molar-refractivity contribution in [3.8, 4) is 6.07 Å². The van der Waals surface area contributed by atoms with E-state index in [-0.39, 0.29) is 22.0 Å². The van der Waals surface area contributed by atoms with Crippen LogP contribution in [-0.4, -0.2) is 15.7 Å². The van der Waals surface area contributed by atoms with E-state index >= 15 is 0 Å². The van der Waals surface area contributed by atoms with Gasteiger partial charge in [0.25, 0.3) is 11.6 Å². The summed E-state index contributed by atoms with van der Waals surface area (Å²) in [7, 11) is 0. The molecule has 0 aliphatic heterocycles. The third kappa shape index (κ3) is 6.17. The van der Waals surface area contributed by atoms with Crippen molar-refractivity contribution in [2.75, 3.05) is 5.32 Å². The van der Waals surface area contributed by atoms with Gasteiger partial charge in [-0.05, 0) is 17.2 Å². The number of hydrogen-bond donors (Lipinski definition) is 1. The van der Waals surface area contributed by atoms with Crippen LogP contribution < -0.4 is 5.32 Å². The third-order valence-corrected chi connectivity index (χ3v) is 4.87. The van der Waals surface area contributed by atoms with Crippen LogP contribution in [0.15, 0.2) is 90.6 Å². The average molecular weight is 447 g/mol. The Bertz CT molecular complexity index is 1130. The van der Waals surface area contributed by atoms with Gasteiger partial charge in [-0.3, -0.25) is 14.9 Å². The van der Waals surface area contributed by atoms with Gasteiger partial charge in [0.1, 0.15) is 11.6 Å². The van der Waals surface area contributed by atoms with Crippen molar-refractivity contribution >= 4 is 28.9 Å². The number of amides is 1. The van der Waals surface area contributed by atoms with Crippen LogP contribution in [0.5, 0.6) is 0 Å². The Morgan fingerprint density at radius 2 is 1.59 bits per heavy atom. The summed E-state index contributed by atoms with van der Waals surface area (Å²) in [6.07, 6.45) is 1.49. The first-order valence-corrected chi connectivity index (χ1v) is 10.0. The second kappa shape index (κ2) is 10.8. The van der Waals surface area contributed by atoms with Gasteiger partial charge in [-0.2, -0.15) is 5.26 Å². The number of hydrogen-bond acceptors (Lipinski definition) is 5. The van der Waals surface area contributed by atoms with Gasteiger partial charge >= 0.3 is 0 Å². The number of benzene rings is 3. The summed E-state index contributed by atoms with van der Waals surface area (Å²) in [5, 5.41) is 23.3.